The van der Waals surface area contributed by atoms with Gasteiger partial charge in [0.15, 0.2) is 5.78 Å². The minimum atomic E-state index is -1.45. The van der Waals surface area contributed by atoms with Crippen LogP contribution in [0.3, 0.4) is 0 Å². The van der Waals surface area contributed by atoms with Crippen molar-refractivity contribution in [2.75, 3.05) is 7.11 Å². The van der Waals surface area contributed by atoms with Gasteiger partial charge in [0.05, 0.1) is 21.6 Å². The zero-order valence-electron chi connectivity index (χ0n) is 19.2. The number of urea groups is 1. The fourth-order valence-electron chi connectivity index (χ4n) is 3.58. The van der Waals surface area contributed by atoms with Crippen LogP contribution < -0.4 is 25.9 Å². The first kappa shape index (κ1) is 24.2. The van der Waals surface area contributed by atoms with E-state index >= 15 is 0 Å². The molecule has 8 nitrogen and oxygen atoms in total. The van der Waals surface area contributed by atoms with Gasteiger partial charge in [0, 0.05) is 6.42 Å². The van der Waals surface area contributed by atoms with Crippen molar-refractivity contribution in [3.8, 4) is 5.75 Å². The summed E-state index contributed by atoms with van der Waals surface area (Å²) in [5.41, 5.74) is 1.46. The first-order valence-electron chi connectivity index (χ1n) is 10.7. The SMILES string of the molecule is COc1ccc(C(NC(=O)CC2NC(=O)NC2=O)C(=O)Cc2ccc([Si](C)(C)C)cc2)cc1. The number of hydrogen-bond donors (Lipinski definition) is 3. The maximum absolute atomic E-state index is 13.3. The third-order valence-corrected chi connectivity index (χ3v) is 7.59. The maximum atomic E-state index is 13.3. The Balaban J connectivity index is 1.77. The molecular formula is C24H29N3O5Si. The molecule has 1 fully saturated rings. The topological polar surface area (TPSA) is 114 Å². The number of imide groups is 1. The molecule has 0 aromatic heterocycles. The smallest absolute Gasteiger partial charge is 0.322 e. The monoisotopic (exact) mass is 467 g/mol. The molecular weight excluding hydrogens is 438 g/mol. The average molecular weight is 468 g/mol. The standard InChI is InChI=1S/C24H29N3O5Si/c1-32-17-9-7-16(8-10-17)22(26-21(29)14-19-23(30)27-24(31)25-19)20(28)13-15-5-11-18(12-6-15)33(2,3)4/h5-12,19,22H,13-14H2,1-4H3,(H,26,29)(H2,25,27,30,31). The van der Waals surface area contributed by atoms with Crippen LogP contribution in [0.25, 0.3) is 0 Å². The molecule has 0 radical (unpaired) electrons. The lowest BCUT2D eigenvalue weighted by Crippen LogP contribution is -2.40. The van der Waals surface area contributed by atoms with E-state index in [9.17, 15) is 19.2 Å². The first-order chi connectivity index (χ1) is 15.6. The van der Waals surface area contributed by atoms with Crippen LogP contribution in [0.1, 0.15) is 23.6 Å². The fraction of sp³-hybridized carbons (Fsp3) is 0.333. The number of Topliss-reactive ketones (excluding diaryl/α,β-unsaturated/α-hetero) is 1. The number of hydrogen-bond acceptors (Lipinski definition) is 5. The third kappa shape index (κ3) is 6.29. The third-order valence-electron chi connectivity index (χ3n) is 5.52. The average Bonchev–Trinajstić information content (AvgIpc) is 3.08. The number of benzene rings is 2. The molecule has 0 aliphatic carbocycles. The molecule has 2 unspecified atom stereocenters. The number of ether oxygens (including phenoxy) is 1. The predicted octanol–water partition coefficient (Wildman–Crippen LogP) is 1.81. The van der Waals surface area contributed by atoms with E-state index in [-0.39, 0.29) is 18.6 Å². The zero-order chi connectivity index (χ0) is 24.2. The maximum Gasteiger partial charge on any atom is 0.322 e. The van der Waals surface area contributed by atoms with E-state index in [2.05, 4.69) is 47.7 Å². The molecule has 1 saturated heterocycles. The molecule has 174 valence electrons. The Morgan fingerprint density at radius 2 is 1.67 bits per heavy atom. The van der Waals surface area contributed by atoms with Crippen molar-refractivity contribution in [1.29, 1.82) is 0 Å². The highest BCUT2D eigenvalue weighted by Crippen LogP contribution is 2.21. The van der Waals surface area contributed by atoms with Crippen molar-refractivity contribution >= 4 is 36.9 Å². The molecule has 9 heteroatoms. The lowest BCUT2D eigenvalue weighted by Gasteiger charge is -2.20. The highest BCUT2D eigenvalue weighted by atomic mass is 28.3. The Hall–Kier alpha value is -3.46. The van der Waals surface area contributed by atoms with E-state index in [1.807, 2.05) is 12.1 Å². The van der Waals surface area contributed by atoms with Crippen molar-refractivity contribution in [2.24, 2.45) is 0 Å². The molecule has 4 amide bonds. The molecule has 2 atom stereocenters. The van der Waals surface area contributed by atoms with E-state index < -0.39 is 38.0 Å². The van der Waals surface area contributed by atoms with Gasteiger partial charge in [0.25, 0.3) is 5.91 Å². The van der Waals surface area contributed by atoms with Crippen LogP contribution in [-0.4, -0.2) is 44.9 Å². The van der Waals surface area contributed by atoms with E-state index in [4.69, 9.17) is 4.74 Å². The molecule has 2 aromatic carbocycles. The van der Waals surface area contributed by atoms with Crippen LogP contribution >= 0.6 is 0 Å². The van der Waals surface area contributed by atoms with Gasteiger partial charge in [0.2, 0.25) is 5.91 Å². The van der Waals surface area contributed by atoms with Gasteiger partial charge < -0.3 is 15.4 Å². The lowest BCUT2D eigenvalue weighted by molar-refractivity contribution is -0.129. The normalized spacial score (nSPS) is 16.5. The van der Waals surface area contributed by atoms with Crippen molar-refractivity contribution in [1.82, 2.24) is 16.0 Å². The number of carbonyl (C=O) groups is 4. The second-order valence-electron chi connectivity index (χ2n) is 9.08. The van der Waals surface area contributed by atoms with Gasteiger partial charge in [-0.1, -0.05) is 61.2 Å². The van der Waals surface area contributed by atoms with Crippen LogP contribution in [0, 0.1) is 0 Å². The molecule has 1 heterocycles. The molecule has 3 N–H and O–H groups in total. The van der Waals surface area contributed by atoms with Gasteiger partial charge in [-0.3, -0.25) is 19.7 Å². The minimum absolute atomic E-state index is 0.142. The van der Waals surface area contributed by atoms with Gasteiger partial charge in [-0.05, 0) is 23.3 Å². The number of nitrogens with one attached hydrogen (secondary N) is 3. The number of carbonyl (C=O) groups excluding carboxylic acids is 4. The second kappa shape index (κ2) is 9.99. The Bertz CT molecular complexity index is 1050. The molecule has 3 rings (SSSR count). The van der Waals surface area contributed by atoms with Crippen LogP contribution in [-0.2, 0) is 20.8 Å². The van der Waals surface area contributed by atoms with Crippen LogP contribution in [0.15, 0.2) is 48.5 Å². The van der Waals surface area contributed by atoms with E-state index in [1.165, 1.54) is 5.19 Å². The summed E-state index contributed by atoms with van der Waals surface area (Å²) in [4.78, 5) is 49.0. The number of rotatable bonds is 9. The summed E-state index contributed by atoms with van der Waals surface area (Å²) in [6.07, 6.45) is -0.119. The zero-order valence-corrected chi connectivity index (χ0v) is 20.2. The number of methoxy groups -OCH3 is 1. The molecule has 1 aliphatic heterocycles. The van der Waals surface area contributed by atoms with Crippen molar-refractivity contribution in [3.05, 3.63) is 59.7 Å². The molecule has 1 aliphatic rings. The van der Waals surface area contributed by atoms with E-state index in [1.54, 1.807) is 31.4 Å². The van der Waals surface area contributed by atoms with Gasteiger partial charge in [0.1, 0.15) is 17.8 Å². The van der Waals surface area contributed by atoms with Crippen molar-refractivity contribution < 1.29 is 23.9 Å². The first-order valence-corrected chi connectivity index (χ1v) is 14.2. The lowest BCUT2D eigenvalue weighted by atomic mass is 9.97. The number of ketones is 1. The highest BCUT2D eigenvalue weighted by molar-refractivity contribution is 6.88. The summed E-state index contributed by atoms with van der Waals surface area (Å²) in [7, 11) is 0.0997. The largest absolute Gasteiger partial charge is 0.497 e. The Labute approximate surface area is 194 Å². The summed E-state index contributed by atoms with van der Waals surface area (Å²) >= 11 is 0. The van der Waals surface area contributed by atoms with Crippen LogP contribution in [0.5, 0.6) is 5.75 Å². The summed E-state index contributed by atoms with van der Waals surface area (Å²) < 4.78 is 5.18. The van der Waals surface area contributed by atoms with Gasteiger partial charge in [-0.15, -0.1) is 0 Å². The van der Waals surface area contributed by atoms with Crippen LogP contribution in [0.4, 0.5) is 4.79 Å². The Morgan fingerprint density at radius 3 is 2.18 bits per heavy atom. The Kier molecular flexibility index (Phi) is 7.32. The van der Waals surface area contributed by atoms with Gasteiger partial charge >= 0.3 is 6.03 Å². The second-order valence-corrected chi connectivity index (χ2v) is 14.2. The van der Waals surface area contributed by atoms with Gasteiger partial charge in [-0.25, -0.2) is 4.79 Å². The minimum Gasteiger partial charge on any atom is -0.497 e. The Morgan fingerprint density at radius 1 is 1.03 bits per heavy atom. The number of amides is 4. The quantitative estimate of drug-likeness (QED) is 0.385. The molecule has 0 spiro atoms. The van der Waals surface area contributed by atoms with Crippen molar-refractivity contribution in [3.63, 3.8) is 0 Å². The van der Waals surface area contributed by atoms with Gasteiger partial charge in [-0.2, -0.15) is 0 Å². The molecule has 0 saturated carbocycles. The molecule has 0 bridgehead atoms. The van der Waals surface area contributed by atoms with Crippen LogP contribution in [0.2, 0.25) is 19.6 Å². The summed E-state index contributed by atoms with van der Waals surface area (Å²) in [6, 6.07) is 12.4. The highest BCUT2D eigenvalue weighted by Gasteiger charge is 2.32. The summed E-state index contributed by atoms with van der Waals surface area (Å²) in [6.45, 7) is 6.78. The fourth-order valence-corrected chi connectivity index (χ4v) is 4.75. The molecule has 2 aromatic rings. The van der Waals surface area contributed by atoms with E-state index in [0.29, 0.717) is 11.3 Å². The summed E-state index contributed by atoms with van der Waals surface area (Å²) in [5, 5.41) is 8.52. The van der Waals surface area contributed by atoms with E-state index in [0.717, 1.165) is 5.56 Å². The molecule has 33 heavy (non-hydrogen) atoms. The predicted molar refractivity (Wildman–Crippen MR) is 127 cm³/mol. The van der Waals surface area contributed by atoms with Crippen molar-refractivity contribution in [2.45, 2.75) is 44.6 Å². The summed E-state index contributed by atoms with van der Waals surface area (Å²) in [5.74, 6) is -0.636.